The highest BCUT2D eigenvalue weighted by Gasteiger charge is 2.02. The summed E-state index contributed by atoms with van der Waals surface area (Å²) in [6.45, 7) is 8.14. The maximum Gasteiger partial charge on any atom is 0.0618 e. The van der Waals surface area contributed by atoms with Crippen LogP contribution in [-0.2, 0) is 0 Å². The summed E-state index contributed by atoms with van der Waals surface area (Å²) in [5.41, 5.74) is 11.9. The van der Waals surface area contributed by atoms with Gasteiger partial charge in [-0.15, -0.1) is 0 Å². The fraction of sp³-hybridized carbons (Fsp3) is 0.176. The SMILES string of the molecule is C.C=C(Nc1ccc(C)cc1N)c1ccc(C)cc1. The molecule has 0 aliphatic rings. The summed E-state index contributed by atoms with van der Waals surface area (Å²) in [6, 6.07) is 14.2. The van der Waals surface area contributed by atoms with E-state index in [-0.39, 0.29) is 7.43 Å². The molecule has 0 bridgehead atoms. The van der Waals surface area contributed by atoms with E-state index < -0.39 is 0 Å². The third-order valence-corrected chi connectivity index (χ3v) is 2.89. The molecule has 0 radical (unpaired) electrons. The Morgan fingerprint density at radius 2 is 1.58 bits per heavy atom. The third kappa shape index (κ3) is 3.62. The number of hydrogen-bond donors (Lipinski definition) is 2. The van der Waals surface area contributed by atoms with Gasteiger partial charge in [-0.3, -0.25) is 0 Å². The van der Waals surface area contributed by atoms with Crippen LogP contribution in [-0.4, -0.2) is 0 Å². The molecule has 0 unspecified atom stereocenters. The molecule has 0 aliphatic heterocycles. The number of nitrogens with two attached hydrogens (primary N) is 1. The van der Waals surface area contributed by atoms with Crippen molar-refractivity contribution in [3.63, 3.8) is 0 Å². The van der Waals surface area contributed by atoms with E-state index >= 15 is 0 Å². The van der Waals surface area contributed by atoms with Crippen molar-refractivity contribution in [2.24, 2.45) is 0 Å². The zero-order chi connectivity index (χ0) is 13.1. The molecule has 2 aromatic carbocycles. The van der Waals surface area contributed by atoms with Crippen LogP contribution in [0.15, 0.2) is 49.0 Å². The standard InChI is InChI=1S/C16H18N2.CH4/c1-11-4-7-14(8-5-11)13(3)18-16-9-6-12(2)10-15(16)17;/h4-10,18H,3,17H2,1-2H3;1H4. The van der Waals surface area contributed by atoms with Crippen LogP contribution in [0.2, 0.25) is 0 Å². The fourth-order valence-electron chi connectivity index (χ4n) is 1.79. The first-order chi connectivity index (χ1) is 8.56. The summed E-state index contributed by atoms with van der Waals surface area (Å²) in [6.07, 6.45) is 0. The molecule has 0 heterocycles. The van der Waals surface area contributed by atoms with Crippen molar-refractivity contribution in [2.75, 3.05) is 11.1 Å². The highest BCUT2D eigenvalue weighted by molar-refractivity contribution is 5.81. The highest BCUT2D eigenvalue weighted by Crippen LogP contribution is 2.24. The molecule has 0 fully saturated rings. The molecule has 0 spiro atoms. The second-order valence-corrected chi connectivity index (χ2v) is 4.56. The van der Waals surface area contributed by atoms with Crippen LogP contribution in [0.5, 0.6) is 0 Å². The van der Waals surface area contributed by atoms with Gasteiger partial charge < -0.3 is 11.1 Å². The Hall–Kier alpha value is -2.22. The van der Waals surface area contributed by atoms with Gasteiger partial charge in [-0.05, 0) is 37.1 Å². The summed E-state index contributed by atoms with van der Waals surface area (Å²) in [4.78, 5) is 0. The predicted octanol–water partition coefficient (Wildman–Crippen LogP) is 4.60. The molecule has 3 N–H and O–H groups in total. The molecule has 0 aliphatic carbocycles. The molecule has 0 amide bonds. The Bertz CT molecular complexity index is 568. The van der Waals surface area contributed by atoms with Crippen molar-refractivity contribution < 1.29 is 0 Å². The molecular formula is C17H22N2. The number of hydrogen-bond acceptors (Lipinski definition) is 2. The zero-order valence-electron chi connectivity index (χ0n) is 10.8. The second-order valence-electron chi connectivity index (χ2n) is 4.56. The van der Waals surface area contributed by atoms with Crippen molar-refractivity contribution >= 4 is 17.1 Å². The summed E-state index contributed by atoms with van der Waals surface area (Å²) >= 11 is 0. The Labute approximate surface area is 116 Å². The first-order valence-corrected chi connectivity index (χ1v) is 5.95. The largest absolute Gasteiger partial charge is 0.397 e. The zero-order valence-corrected chi connectivity index (χ0v) is 10.8. The Morgan fingerprint density at radius 1 is 1.00 bits per heavy atom. The maximum atomic E-state index is 5.97. The molecule has 0 saturated carbocycles. The molecule has 19 heavy (non-hydrogen) atoms. The lowest BCUT2D eigenvalue weighted by Gasteiger charge is -2.12. The highest BCUT2D eigenvalue weighted by atomic mass is 14.9. The van der Waals surface area contributed by atoms with Crippen LogP contribution in [0, 0.1) is 13.8 Å². The van der Waals surface area contributed by atoms with Crippen molar-refractivity contribution in [1.29, 1.82) is 0 Å². The number of nitrogens with one attached hydrogen (secondary N) is 1. The van der Waals surface area contributed by atoms with Crippen molar-refractivity contribution in [2.45, 2.75) is 21.3 Å². The van der Waals surface area contributed by atoms with Crippen LogP contribution in [0.1, 0.15) is 24.1 Å². The van der Waals surface area contributed by atoms with Crippen molar-refractivity contribution in [1.82, 2.24) is 0 Å². The minimum Gasteiger partial charge on any atom is -0.397 e. The average Bonchev–Trinajstić information content (AvgIpc) is 2.33. The molecule has 2 rings (SSSR count). The predicted molar refractivity (Wildman–Crippen MR) is 86.2 cm³/mol. The maximum absolute atomic E-state index is 5.97. The van der Waals surface area contributed by atoms with Crippen LogP contribution in [0.3, 0.4) is 0 Å². The quantitative estimate of drug-likeness (QED) is 0.785. The fourth-order valence-corrected chi connectivity index (χ4v) is 1.79. The van der Waals surface area contributed by atoms with Gasteiger partial charge in [0.25, 0.3) is 0 Å². The average molecular weight is 254 g/mol. The summed E-state index contributed by atoms with van der Waals surface area (Å²) in [7, 11) is 0. The third-order valence-electron chi connectivity index (χ3n) is 2.89. The molecule has 0 atom stereocenters. The number of aryl methyl sites for hydroxylation is 2. The Kier molecular flexibility index (Phi) is 4.76. The summed E-state index contributed by atoms with van der Waals surface area (Å²) in [5.74, 6) is 0. The first kappa shape index (κ1) is 14.8. The summed E-state index contributed by atoms with van der Waals surface area (Å²) < 4.78 is 0. The normalized spacial score (nSPS) is 9.58. The van der Waals surface area contributed by atoms with E-state index in [1.807, 2.05) is 25.1 Å². The topological polar surface area (TPSA) is 38.0 Å². The van der Waals surface area contributed by atoms with E-state index in [0.29, 0.717) is 0 Å². The van der Waals surface area contributed by atoms with Crippen LogP contribution >= 0.6 is 0 Å². The van der Waals surface area contributed by atoms with Crippen LogP contribution < -0.4 is 11.1 Å². The minimum atomic E-state index is 0. The smallest absolute Gasteiger partial charge is 0.0618 e. The lowest BCUT2D eigenvalue weighted by Crippen LogP contribution is -2.01. The van der Waals surface area contributed by atoms with Gasteiger partial charge in [0.05, 0.1) is 11.4 Å². The molecular weight excluding hydrogens is 232 g/mol. The van der Waals surface area contributed by atoms with Gasteiger partial charge in [0, 0.05) is 5.70 Å². The van der Waals surface area contributed by atoms with E-state index in [4.69, 9.17) is 5.73 Å². The minimum absolute atomic E-state index is 0. The second kappa shape index (κ2) is 6.10. The molecule has 2 aromatic rings. The number of anilines is 2. The number of benzene rings is 2. The summed E-state index contributed by atoms with van der Waals surface area (Å²) in [5, 5.41) is 3.25. The lowest BCUT2D eigenvalue weighted by atomic mass is 10.1. The van der Waals surface area contributed by atoms with E-state index in [1.165, 1.54) is 5.56 Å². The van der Waals surface area contributed by atoms with E-state index in [0.717, 1.165) is 28.2 Å². The van der Waals surface area contributed by atoms with E-state index in [9.17, 15) is 0 Å². The lowest BCUT2D eigenvalue weighted by molar-refractivity contribution is 1.43. The Balaban J connectivity index is 0.00000180. The Morgan fingerprint density at radius 3 is 2.16 bits per heavy atom. The van der Waals surface area contributed by atoms with Gasteiger partial charge in [-0.1, -0.05) is 49.9 Å². The molecule has 2 nitrogen and oxygen atoms in total. The molecule has 2 heteroatoms. The number of nitrogen functional groups attached to an aromatic ring is 1. The van der Waals surface area contributed by atoms with Crippen LogP contribution in [0.25, 0.3) is 5.70 Å². The number of rotatable bonds is 3. The molecule has 0 aromatic heterocycles. The van der Waals surface area contributed by atoms with Gasteiger partial charge in [-0.2, -0.15) is 0 Å². The van der Waals surface area contributed by atoms with Crippen molar-refractivity contribution in [3.8, 4) is 0 Å². The van der Waals surface area contributed by atoms with Gasteiger partial charge in [-0.25, -0.2) is 0 Å². The molecule has 100 valence electrons. The van der Waals surface area contributed by atoms with E-state index in [2.05, 4.69) is 43.1 Å². The van der Waals surface area contributed by atoms with Gasteiger partial charge in [0.2, 0.25) is 0 Å². The first-order valence-electron chi connectivity index (χ1n) is 5.95. The van der Waals surface area contributed by atoms with Gasteiger partial charge in [0.15, 0.2) is 0 Å². The monoisotopic (exact) mass is 254 g/mol. The van der Waals surface area contributed by atoms with Gasteiger partial charge >= 0.3 is 0 Å². The van der Waals surface area contributed by atoms with Crippen molar-refractivity contribution in [3.05, 3.63) is 65.7 Å². The molecule has 0 saturated heterocycles. The van der Waals surface area contributed by atoms with Crippen LogP contribution in [0.4, 0.5) is 11.4 Å². The van der Waals surface area contributed by atoms with E-state index in [1.54, 1.807) is 0 Å². The van der Waals surface area contributed by atoms with Gasteiger partial charge in [0.1, 0.15) is 0 Å².